The standard InChI is InChI=1S/C10H12O2S/c13-6-5-8-7-11-9-3-1-2-4-10(9)12-8/h1-4,8,13H,5-7H2. The second-order valence-corrected chi connectivity index (χ2v) is 3.46. The number of rotatable bonds is 2. The van der Waals surface area contributed by atoms with E-state index in [-0.39, 0.29) is 6.10 Å². The van der Waals surface area contributed by atoms with Gasteiger partial charge in [0.1, 0.15) is 12.7 Å². The molecule has 1 atom stereocenters. The van der Waals surface area contributed by atoms with Gasteiger partial charge in [-0.2, -0.15) is 12.6 Å². The molecule has 0 amide bonds. The molecule has 13 heavy (non-hydrogen) atoms. The highest BCUT2D eigenvalue weighted by Gasteiger charge is 2.19. The second kappa shape index (κ2) is 3.92. The van der Waals surface area contributed by atoms with Crippen molar-refractivity contribution in [3.63, 3.8) is 0 Å². The Balaban J connectivity index is 2.11. The van der Waals surface area contributed by atoms with Crippen LogP contribution in [0.1, 0.15) is 6.42 Å². The Labute approximate surface area is 83.3 Å². The van der Waals surface area contributed by atoms with Crippen molar-refractivity contribution in [2.24, 2.45) is 0 Å². The molecule has 0 radical (unpaired) electrons. The quantitative estimate of drug-likeness (QED) is 0.731. The Bertz CT molecular complexity index is 288. The summed E-state index contributed by atoms with van der Waals surface area (Å²) in [4.78, 5) is 0. The van der Waals surface area contributed by atoms with E-state index in [2.05, 4.69) is 12.6 Å². The van der Waals surface area contributed by atoms with Crippen LogP contribution in [0.5, 0.6) is 11.5 Å². The zero-order valence-corrected chi connectivity index (χ0v) is 8.17. The van der Waals surface area contributed by atoms with Gasteiger partial charge in [0.25, 0.3) is 0 Å². The van der Waals surface area contributed by atoms with Crippen molar-refractivity contribution in [3.05, 3.63) is 24.3 Å². The van der Waals surface area contributed by atoms with Gasteiger partial charge in [-0.05, 0) is 24.3 Å². The average Bonchev–Trinajstić information content (AvgIpc) is 2.18. The normalized spacial score (nSPS) is 19.9. The van der Waals surface area contributed by atoms with E-state index in [1.54, 1.807) is 0 Å². The maximum absolute atomic E-state index is 5.70. The van der Waals surface area contributed by atoms with E-state index in [1.807, 2.05) is 24.3 Å². The van der Waals surface area contributed by atoms with E-state index < -0.39 is 0 Å². The molecule has 1 aromatic rings. The van der Waals surface area contributed by atoms with Crippen molar-refractivity contribution in [3.8, 4) is 11.5 Å². The molecule has 3 heteroatoms. The molecule has 0 saturated carbocycles. The van der Waals surface area contributed by atoms with Gasteiger partial charge in [0, 0.05) is 0 Å². The summed E-state index contributed by atoms with van der Waals surface area (Å²) in [7, 11) is 0. The summed E-state index contributed by atoms with van der Waals surface area (Å²) in [5.74, 6) is 2.52. The molecule has 0 N–H and O–H groups in total. The Kier molecular flexibility index (Phi) is 2.64. The SMILES string of the molecule is SCCC1COc2ccccc2O1. The van der Waals surface area contributed by atoms with Crippen LogP contribution in [-0.2, 0) is 0 Å². The lowest BCUT2D eigenvalue weighted by molar-refractivity contribution is 0.0893. The molecule has 1 unspecified atom stereocenters. The Morgan fingerprint density at radius 2 is 2.08 bits per heavy atom. The summed E-state index contributed by atoms with van der Waals surface area (Å²) in [6, 6.07) is 7.75. The van der Waals surface area contributed by atoms with Crippen molar-refractivity contribution in [2.75, 3.05) is 12.4 Å². The molecule has 2 nitrogen and oxygen atoms in total. The van der Waals surface area contributed by atoms with Crippen molar-refractivity contribution in [2.45, 2.75) is 12.5 Å². The number of hydrogen-bond donors (Lipinski definition) is 1. The molecule has 0 saturated heterocycles. The van der Waals surface area contributed by atoms with E-state index in [0.29, 0.717) is 6.61 Å². The van der Waals surface area contributed by atoms with Gasteiger partial charge in [-0.1, -0.05) is 12.1 Å². The van der Waals surface area contributed by atoms with Crippen LogP contribution < -0.4 is 9.47 Å². The van der Waals surface area contributed by atoms with Crippen LogP contribution in [0.15, 0.2) is 24.3 Å². The first kappa shape index (κ1) is 8.75. The Hall–Kier alpha value is -0.830. The minimum atomic E-state index is 0.160. The van der Waals surface area contributed by atoms with Gasteiger partial charge in [-0.3, -0.25) is 0 Å². The molecule has 0 fully saturated rings. The van der Waals surface area contributed by atoms with Gasteiger partial charge in [-0.25, -0.2) is 0 Å². The highest BCUT2D eigenvalue weighted by atomic mass is 32.1. The van der Waals surface area contributed by atoms with Gasteiger partial charge in [0.15, 0.2) is 11.5 Å². The van der Waals surface area contributed by atoms with Crippen molar-refractivity contribution in [1.29, 1.82) is 0 Å². The predicted molar refractivity (Wildman–Crippen MR) is 54.8 cm³/mol. The van der Waals surface area contributed by atoms with Crippen LogP contribution >= 0.6 is 12.6 Å². The lowest BCUT2D eigenvalue weighted by atomic mass is 10.2. The molecule has 1 aliphatic heterocycles. The smallest absolute Gasteiger partial charge is 0.161 e. The summed E-state index contributed by atoms with van der Waals surface area (Å²) >= 11 is 4.17. The summed E-state index contributed by atoms with van der Waals surface area (Å²) in [5.41, 5.74) is 0. The van der Waals surface area contributed by atoms with Gasteiger partial charge < -0.3 is 9.47 Å². The molecule has 1 aliphatic rings. The fourth-order valence-electron chi connectivity index (χ4n) is 1.35. The second-order valence-electron chi connectivity index (χ2n) is 3.01. The molecule has 0 aliphatic carbocycles. The number of para-hydroxylation sites is 2. The van der Waals surface area contributed by atoms with Crippen LogP contribution in [0.4, 0.5) is 0 Å². The summed E-state index contributed by atoms with van der Waals surface area (Å²) in [5, 5.41) is 0. The van der Waals surface area contributed by atoms with Crippen LogP contribution in [-0.4, -0.2) is 18.5 Å². The fraction of sp³-hybridized carbons (Fsp3) is 0.400. The molecule has 0 aromatic heterocycles. The number of fused-ring (bicyclic) bond motifs is 1. The predicted octanol–water partition coefficient (Wildman–Crippen LogP) is 2.15. The van der Waals surface area contributed by atoms with Gasteiger partial charge in [-0.15, -0.1) is 0 Å². The lowest BCUT2D eigenvalue weighted by Crippen LogP contribution is -2.29. The van der Waals surface area contributed by atoms with Gasteiger partial charge in [0.2, 0.25) is 0 Å². The van der Waals surface area contributed by atoms with Crippen LogP contribution in [0.3, 0.4) is 0 Å². The Morgan fingerprint density at radius 3 is 2.85 bits per heavy atom. The first-order valence-corrected chi connectivity index (χ1v) is 5.03. The van der Waals surface area contributed by atoms with Gasteiger partial charge >= 0.3 is 0 Å². The fourth-order valence-corrected chi connectivity index (χ4v) is 1.64. The zero-order valence-electron chi connectivity index (χ0n) is 7.27. The summed E-state index contributed by atoms with van der Waals surface area (Å²) < 4.78 is 11.2. The monoisotopic (exact) mass is 196 g/mol. The average molecular weight is 196 g/mol. The van der Waals surface area contributed by atoms with Crippen LogP contribution in [0.25, 0.3) is 0 Å². The lowest BCUT2D eigenvalue weighted by Gasteiger charge is -2.25. The maximum Gasteiger partial charge on any atom is 0.161 e. The third kappa shape index (κ3) is 1.91. The van der Waals surface area contributed by atoms with E-state index >= 15 is 0 Å². The maximum atomic E-state index is 5.70. The summed E-state index contributed by atoms with van der Waals surface area (Å²) in [6.45, 7) is 0.636. The minimum absolute atomic E-state index is 0.160. The van der Waals surface area contributed by atoms with Crippen molar-refractivity contribution >= 4 is 12.6 Å². The molecular weight excluding hydrogens is 184 g/mol. The topological polar surface area (TPSA) is 18.5 Å². The molecule has 2 rings (SSSR count). The van der Waals surface area contributed by atoms with Crippen molar-refractivity contribution in [1.82, 2.24) is 0 Å². The largest absolute Gasteiger partial charge is 0.486 e. The van der Waals surface area contributed by atoms with Crippen LogP contribution in [0, 0.1) is 0 Å². The molecule has 1 heterocycles. The first-order valence-electron chi connectivity index (χ1n) is 4.39. The van der Waals surface area contributed by atoms with E-state index in [0.717, 1.165) is 23.7 Å². The van der Waals surface area contributed by atoms with Crippen molar-refractivity contribution < 1.29 is 9.47 Å². The first-order chi connectivity index (χ1) is 6.40. The number of benzene rings is 1. The number of ether oxygens (including phenoxy) is 2. The molecule has 0 bridgehead atoms. The third-order valence-corrected chi connectivity index (χ3v) is 2.28. The molecule has 0 spiro atoms. The minimum Gasteiger partial charge on any atom is -0.486 e. The Morgan fingerprint density at radius 1 is 1.31 bits per heavy atom. The molecule has 70 valence electrons. The van der Waals surface area contributed by atoms with E-state index in [1.165, 1.54) is 0 Å². The highest BCUT2D eigenvalue weighted by Crippen LogP contribution is 2.31. The van der Waals surface area contributed by atoms with Crippen LogP contribution in [0.2, 0.25) is 0 Å². The summed E-state index contributed by atoms with van der Waals surface area (Å²) in [6.07, 6.45) is 1.09. The molecule has 1 aromatic carbocycles. The number of hydrogen-bond acceptors (Lipinski definition) is 3. The highest BCUT2D eigenvalue weighted by molar-refractivity contribution is 7.80. The van der Waals surface area contributed by atoms with E-state index in [4.69, 9.17) is 9.47 Å². The van der Waals surface area contributed by atoms with E-state index in [9.17, 15) is 0 Å². The zero-order chi connectivity index (χ0) is 9.10. The third-order valence-electron chi connectivity index (χ3n) is 2.02. The number of thiol groups is 1. The molecular formula is C10H12O2S. The van der Waals surface area contributed by atoms with Gasteiger partial charge in [0.05, 0.1) is 0 Å².